The van der Waals surface area contributed by atoms with Crippen molar-refractivity contribution in [1.29, 1.82) is 0 Å². The molecule has 0 saturated heterocycles. The number of allylic oxidation sites excluding steroid dienone is 1. The van der Waals surface area contributed by atoms with Crippen LogP contribution in [0.5, 0.6) is 0 Å². The summed E-state index contributed by atoms with van der Waals surface area (Å²) in [4.78, 5) is 30.8. The first-order valence-corrected chi connectivity index (χ1v) is 10.5. The van der Waals surface area contributed by atoms with Crippen molar-refractivity contribution >= 4 is 28.2 Å². The fraction of sp³-hybridized carbons (Fsp3) is 0.269. The zero-order chi connectivity index (χ0) is 21.8. The number of fused-ring (bicyclic) bond motifs is 3. The van der Waals surface area contributed by atoms with Crippen LogP contribution in [-0.4, -0.2) is 23.8 Å². The van der Waals surface area contributed by atoms with E-state index in [9.17, 15) is 9.59 Å². The Hall–Kier alpha value is -3.47. The summed E-state index contributed by atoms with van der Waals surface area (Å²) in [5, 5.41) is 5.67. The van der Waals surface area contributed by atoms with Gasteiger partial charge in [0.25, 0.3) is 0 Å². The molecule has 1 N–H and O–H groups in total. The second kappa shape index (κ2) is 7.05. The smallest absolute Gasteiger partial charge is 0.315 e. The quantitative estimate of drug-likeness (QED) is 0.611. The van der Waals surface area contributed by atoms with Crippen molar-refractivity contribution in [1.82, 2.24) is 4.98 Å². The normalized spacial score (nSPS) is 21.8. The summed E-state index contributed by atoms with van der Waals surface area (Å²) in [5.41, 5.74) is 3.64. The molecule has 0 unspecified atom stereocenters. The van der Waals surface area contributed by atoms with E-state index in [-0.39, 0.29) is 24.1 Å². The van der Waals surface area contributed by atoms with Crippen LogP contribution in [0.4, 0.5) is 5.69 Å². The minimum atomic E-state index is -0.552. The van der Waals surface area contributed by atoms with E-state index < -0.39 is 11.3 Å². The molecule has 31 heavy (non-hydrogen) atoms. The van der Waals surface area contributed by atoms with Crippen LogP contribution in [-0.2, 0) is 14.3 Å². The van der Waals surface area contributed by atoms with Crippen LogP contribution in [0.2, 0.25) is 0 Å². The minimum Gasteiger partial charge on any atom is -0.468 e. The van der Waals surface area contributed by atoms with Crippen molar-refractivity contribution in [3.05, 3.63) is 83.3 Å². The van der Waals surface area contributed by atoms with Gasteiger partial charge in [0.1, 0.15) is 5.92 Å². The van der Waals surface area contributed by atoms with E-state index in [1.165, 1.54) is 7.11 Å². The maximum absolute atomic E-state index is 13.6. The molecular formula is C26H24N2O3. The van der Waals surface area contributed by atoms with Crippen molar-refractivity contribution in [3.63, 3.8) is 0 Å². The first kappa shape index (κ1) is 19.5. The van der Waals surface area contributed by atoms with Gasteiger partial charge < -0.3 is 10.1 Å². The molecule has 2 aliphatic rings. The zero-order valence-electron chi connectivity index (χ0n) is 17.8. The van der Waals surface area contributed by atoms with Crippen molar-refractivity contribution in [2.24, 2.45) is 11.3 Å². The molecule has 2 aromatic carbocycles. The van der Waals surface area contributed by atoms with Crippen LogP contribution in [0, 0.1) is 11.3 Å². The Balaban J connectivity index is 1.85. The van der Waals surface area contributed by atoms with E-state index in [2.05, 4.69) is 28.5 Å². The van der Waals surface area contributed by atoms with Gasteiger partial charge in [-0.1, -0.05) is 50.2 Å². The molecule has 2 heterocycles. The molecule has 1 aromatic heterocycles. The average molecular weight is 412 g/mol. The molecule has 0 radical (unpaired) electrons. The monoisotopic (exact) mass is 412 g/mol. The first-order chi connectivity index (χ1) is 14.9. The number of hydrogen-bond donors (Lipinski definition) is 1. The molecule has 0 spiro atoms. The van der Waals surface area contributed by atoms with E-state index in [1.54, 1.807) is 6.20 Å². The average Bonchev–Trinajstić information content (AvgIpc) is 2.77. The Bertz CT molecular complexity index is 1240. The van der Waals surface area contributed by atoms with E-state index in [0.29, 0.717) is 11.3 Å². The minimum absolute atomic E-state index is 0.0556. The molecule has 0 amide bonds. The largest absolute Gasteiger partial charge is 0.468 e. The highest BCUT2D eigenvalue weighted by atomic mass is 16.5. The van der Waals surface area contributed by atoms with Gasteiger partial charge in [-0.3, -0.25) is 14.6 Å². The van der Waals surface area contributed by atoms with E-state index >= 15 is 0 Å². The summed E-state index contributed by atoms with van der Waals surface area (Å²) in [7, 11) is 1.40. The predicted octanol–water partition coefficient (Wildman–Crippen LogP) is 4.83. The molecule has 1 aliphatic heterocycles. The second-order valence-electron chi connectivity index (χ2n) is 8.96. The van der Waals surface area contributed by atoms with Crippen LogP contribution >= 0.6 is 0 Å². The molecule has 0 bridgehead atoms. The van der Waals surface area contributed by atoms with Gasteiger partial charge in [-0.2, -0.15) is 0 Å². The number of carbonyl (C=O) groups is 2. The highest BCUT2D eigenvalue weighted by Crippen LogP contribution is 2.53. The number of hydrogen-bond acceptors (Lipinski definition) is 5. The number of ether oxygens (including phenoxy) is 1. The van der Waals surface area contributed by atoms with Gasteiger partial charge in [-0.25, -0.2) is 0 Å². The maximum atomic E-state index is 13.6. The molecule has 5 nitrogen and oxygen atoms in total. The summed E-state index contributed by atoms with van der Waals surface area (Å²) in [5.74, 6) is -1.13. The number of carbonyl (C=O) groups excluding carboxylic acids is 2. The summed E-state index contributed by atoms with van der Waals surface area (Å²) in [6.45, 7) is 3.90. The van der Waals surface area contributed by atoms with Crippen LogP contribution in [0.1, 0.15) is 37.3 Å². The molecule has 5 rings (SSSR count). The van der Waals surface area contributed by atoms with Crippen molar-refractivity contribution in [3.8, 4) is 0 Å². The van der Waals surface area contributed by atoms with Gasteiger partial charge in [-0.15, -0.1) is 0 Å². The Kier molecular flexibility index (Phi) is 4.43. The SMILES string of the molecule is COC(=O)[C@H]1C2=C(C(=O)CC1(C)C)[C@@H](c1cccnc1)c1c(ccc3ccccc13)N2. The number of rotatable bonds is 2. The number of benzene rings is 2. The summed E-state index contributed by atoms with van der Waals surface area (Å²) in [6.07, 6.45) is 3.82. The number of ketones is 1. The molecule has 5 heteroatoms. The lowest BCUT2D eigenvalue weighted by atomic mass is 9.63. The number of nitrogens with one attached hydrogen (secondary N) is 1. The van der Waals surface area contributed by atoms with E-state index in [4.69, 9.17) is 4.74 Å². The lowest BCUT2D eigenvalue weighted by Crippen LogP contribution is -2.44. The highest BCUT2D eigenvalue weighted by molar-refractivity contribution is 6.06. The van der Waals surface area contributed by atoms with Crippen LogP contribution in [0.25, 0.3) is 10.8 Å². The fourth-order valence-electron chi connectivity index (χ4n) is 5.20. The third-order valence-corrected chi connectivity index (χ3v) is 6.55. The molecule has 156 valence electrons. The number of pyridine rings is 1. The summed E-state index contributed by atoms with van der Waals surface area (Å²) >= 11 is 0. The standard InChI is InChI=1S/C26H24N2O3/c1-26(2)13-19(29)22-20(16-8-6-12-27-14-16)21-17-9-5-4-7-15(17)10-11-18(21)28-24(22)23(26)25(30)31-3/h4-12,14,20,23,28H,13H2,1-3H3/t20-,23+/m0/s1. The van der Waals surface area contributed by atoms with Crippen LogP contribution < -0.4 is 5.32 Å². The van der Waals surface area contributed by atoms with Gasteiger partial charge in [0, 0.05) is 41.7 Å². The predicted molar refractivity (Wildman–Crippen MR) is 120 cm³/mol. The molecule has 3 aromatic rings. The van der Waals surface area contributed by atoms with Gasteiger partial charge in [0.05, 0.1) is 7.11 Å². The van der Waals surface area contributed by atoms with Crippen molar-refractivity contribution in [2.45, 2.75) is 26.2 Å². The van der Waals surface area contributed by atoms with Crippen LogP contribution in [0.3, 0.4) is 0 Å². The van der Waals surface area contributed by atoms with Gasteiger partial charge in [0.2, 0.25) is 0 Å². The van der Waals surface area contributed by atoms with Gasteiger partial charge >= 0.3 is 5.97 Å². The Morgan fingerprint density at radius 3 is 2.68 bits per heavy atom. The third-order valence-electron chi connectivity index (χ3n) is 6.55. The van der Waals surface area contributed by atoms with Crippen molar-refractivity contribution < 1.29 is 14.3 Å². The van der Waals surface area contributed by atoms with Crippen LogP contribution in [0.15, 0.2) is 72.2 Å². The number of anilines is 1. The fourth-order valence-corrected chi connectivity index (χ4v) is 5.20. The summed E-state index contributed by atoms with van der Waals surface area (Å²) < 4.78 is 5.17. The molecular weight excluding hydrogens is 388 g/mol. The number of aromatic nitrogens is 1. The third kappa shape index (κ3) is 2.95. The zero-order valence-corrected chi connectivity index (χ0v) is 17.8. The summed E-state index contributed by atoms with van der Waals surface area (Å²) in [6, 6.07) is 16.2. The Labute approximate surface area is 181 Å². The molecule has 1 aliphatic carbocycles. The number of nitrogens with zero attached hydrogens (tertiary/aromatic N) is 1. The topological polar surface area (TPSA) is 68.3 Å². The van der Waals surface area contributed by atoms with Gasteiger partial charge in [-0.05, 0) is 39.4 Å². The highest BCUT2D eigenvalue weighted by Gasteiger charge is 2.50. The van der Waals surface area contributed by atoms with Crippen molar-refractivity contribution in [2.75, 3.05) is 12.4 Å². The number of methoxy groups -OCH3 is 1. The van der Waals surface area contributed by atoms with E-state index in [1.807, 2.05) is 50.4 Å². The lowest BCUT2D eigenvalue weighted by Gasteiger charge is -2.44. The molecule has 0 fully saturated rings. The Morgan fingerprint density at radius 1 is 1.13 bits per heavy atom. The second-order valence-corrected chi connectivity index (χ2v) is 8.96. The van der Waals surface area contributed by atoms with E-state index in [0.717, 1.165) is 27.6 Å². The number of Topliss-reactive ketones (excluding diaryl/α,β-unsaturated/α-hetero) is 1. The lowest BCUT2D eigenvalue weighted by molar-refractivity contribution is -0.148. The number of esters is 1. The molecule has 2 atom stereocenters. The van der Waals surface area contributed by atoms with Gasteiger partial charge in [0.15, 0.2) is 5.78 Å². The maximum Gasteiger partial charge on any atom is 0.315 e. The first-order valence-electron chi connectivity index (χ1n) is 10.5. The molecule has 0 saturated carbocycles. The Morgan fingerprint density at radius 2 is 1.94 bits per heavy atom.